The predicted octanol–water partition coefficient (Wildman–Crippen LogP) is -1.10. The van der Waals surface area contributed by atoms with E-state index in [0.717, 1.165) is 6.08 Å². The number of thiol groups is 1. The fourth-order valence-electron chi connectivity index (χ4n) is 3.64. The SMILES string of the molecule is COc1cc(CO)c(OC)c2c1C(=O)C(N[C@@H](CCC(=O)N[C@@H](CS)C(=O)NCC(=O)O)C(=O)O)=CC2=O. The third-order valence-corrected chi connectivity index (χ3v) is 5.81. The van der Waals surface area contributed by atoms with Gasteiger partial charge in [0.2, 0.25) is 17.6 Å². The molecule has 0 unspecified atom stereocenters. The zero-order valence-electron chi connectivity index (χ0n) is 20.4. The molecule has 1 aliphatic rings. The topological polar surface area (TPSA) is 218 Å². The zero-order chi connectivity index (χ0) is 28.6. The number of amides is 2. The molecule has 0 spiro atoms. The van der Waals surface area contributed by atoms with E-state index in [2.05, 4.69) is 28.6 Å². The van der Waals surface area contributed by atoms with Gasteiger partial charge in [-0.2, -0.15) is 12.6 Å². The molecule has 0 heterocycles. The third-order valence-electron chi connectivity index (χ3n) is 5.44. The maximum Gasteiger partial charge on any atom is 0.326 e. The van der Waals surface area contributed by atoms with Gasteiger partial charge in [-0.05, 0) is 12.5 Å². The number of carboxylic acid groups (broad SMARTS) is 2. The molecule has 2 amide bonds. The molecule has 1 aromatic carbocycles. The average Bonchev–Trinajstić information content (AvgIpc) is 2.89. The number of allylic oxidation sites excluding steroid dienone is 2. The molecule has 206 valence electrons. The number of carboxylic acids is 2. The lowest BCUT2D eigenvalue weighted by atomic mass is 9.88. The van der Waals surface area contributed by atoms with Crippen molar-refractivity contribution in [2.75, 3.05) is 26.5 Å². The first-order valence-corrected chi connectivity index (χ1v) is 11.7. The predicted molar refractivity (Wildman–Crippen MR) is 132 cm³/mol. The second-order valence-corrected chi connectivity index (χ2v) is 8.28. The van der Waals surface area contributed by atoms with Gasteiger partial charge in [-0.15, -0.1) is 0 Å². The highest BCUT2D eigenvalue weighted by molar-refractivity contribution is 7.80. The molecule has 0 saturated carbocycles. The van der Waals surface area contributed by atoms with Crippen molar-refractivity contribution < 1.29 is 53.6 Å². The number of methoxy groups -OCH3 is 2. The number of ketones is 2. The Morgan fingerprint density at radius 2 is 1.74 bits per heavy atom. The lowest BCUT2D eigenvalue weighted by Crippen LogP contribution is -2.49. The monoisotopic (exact) mass is 553 g/mol. The molecule has 0 saturated heterocycles. The molecule has 0 bridgehead atoms. The van der Waals surface area contributed by atoms with Crippen LogP contribution in [-0.4, -0.2) is 89.2 Å². The summed E-state index contributed by atoms with van der Waals surface area (Å²) in [6.45, 7) is -1.16. The average molecular weight is 554 g/mol. The van der Waals surface area contributed by atoms with Crippen molar-refractivity contribution >= 4 is 47.9 Å². The molecule has 0 aliphatic heterocycles. The van der Waals surface area contributed by atoms with Crippen molar-refractivity contribution in [2.45, 2.75) is 31.5 Å². The number of aliphatic hydroxyl groups excluding tert-OH is 1. The van der Waals surface area contributed by atoms with Gasteiger partial charge < -0.3 is 40.7 Å². The first-order valence-electron chi connectivity index (χ1n) is 11.1. The molecule has 15 heteroatoms. The highest BCUT2D eigenvalue weighted by Gasteiger charge is 2.35. The molecule has 0 radical (unpaired) electrons. The maximum atomic E-state index is 13.2. The second kappa shape index (κ2) is 13.4. The van der Waals surface area contributed by atoms with Gasteiger partial charge in [0.05, 0.1) is 37.7 Å². The number of Topliss-reactive ketones (excluding diaryl/α,β-unsaturated/α-hetero) is 1. The third kappa shape index (κ3) is 7.01. The number of hydrogen-bond acceptors (Lipinski definition) is 11. The van der Waals surface area contributed by atoms with Crippen LogP contribution in [0.4, 0.5) is 0 Å². The van der Waals surface area contributed by atoms with Crippen LogP contribution in [0.2, 0.25) is 0 Å². The van der Waals surface area contributed by atoms with E-state index in [0.29, 0.717) is 0 Å². The quantitative estimate of drug-likeness (QED) is 0.137. The lowest BCUT2D eigenvalue weighted by molar-refractivity contribution is -0.139. The summed E-state index contributed by atoms with van der Waals surface area (Å²) < 4.78 is 10.4. The number of carbonyl (C=O) groups is 6. The van der Waals surface area contributed by atoms with Gasteiger partial charge in [-0.3, -0.25) is 24.0 Å². The van der Waals surface area contributed by atoms with E-state index < -0.39 is 67.0 Å². The Hall–Kier alpha value is -4.11. The fraction of sp³-hybridized carbons (Fsp3) is 0.391. The van der Waals surface area contributed by atoms with E-state index >= 15 is 0 Å². The summed E-state index contributed by atoms with van der Waals surface area (Å²) in [6.07, 6.45) is 0.156. The van der Waals surface area contributed by atoms with Gasteiger partial charge in [0.15, 0.2) is 5.78 Å². The summed E-state index contributed by atoms with van der Waals surface area (Å²) in [7, 11) is 2.52. The van der Waals surface area contributed by atoms with Crippen LogP contribution in [0.3, 0.4) is 0 Å². The minimum absolute atomic E-state index is 0.0189. The highest BCUT2D eigenvalue weighted by atomic mass is 32.1. The Morgan fingerprint density at radius 3 is 2.26 bits per heavy atom. The molecule has 2 rings (SSSR count). The number of benzene rings is 1. The van der Waals surface area contributed by atoms with Crippen molar-refractivity contribution in [1.29, 1.82) is 0 Å². The summed E-state index contributed by atoms with van der Waals surface area (Å²) in [5.41, 5.74) is -0.465. The molecule has 0 aromatic heterocycles. The lowest BCUT2D eigenvalue weighted by Gasteiger charge is -2.24. The summed E-state index contributed by atoms with van der Waals surface area (Å²) in [4.78, 5) is 72.9. The van der Waals surface area contributed by atoms with Crippen LogP contribution < -0.4 is 25.4 Å². The summed E-state index contributed by atoms with van der Waals surface area (Å²) in [5, 5.41) is 34.8. The number of nitrogens with one attached hydrogen (secondary N) is 3. The summed E-state index contributed by atoms with van der Waals surface area (Å²) >= 11 is 3.95. The summed E-state index contributed by atoms with van der Waals surface area (Å²) in [6, 6.07) is -1.32. The van der Waals surface area contributed by atoms with Crippen LogP contribution in [0.25, 0.3) is 0 Å². The molecule has 2 atom stereocenters. The van der Waals surface area contributed by atoms with E-state index in [1.807, 2.05) is 0 Å². The minimum Gasteiger partial charge on any atom is -0.496 e. The van der Waals surface area contributed by atoms with E-state index in [4.69, 9.17) is 14.6 Å². The van der Waals surface area contributed by atoms with E-state index in [1.165, 1.54) is 20.3 Å². The molecular weight excluding hydrogens is 526 g/mol. The van der Waals surface area contributed by atoms with Gasteiger partial charge in [-0.1, -0.05) is 0 Å². The Labute approximate surface area is 221 Å². The number of rotatable bonds is 14. The summed E-state index contributed by atoms with van der Waals surface area (Å²) in [5.74, 6) is -5.87. The number of carbonyl (C=O) groups excluding carboxylic acids is 4. The number of aliphatic carboxylic acids is 2. The number of fused-ring (bicyclic) bond motifs is 1. The number of aliphatic hydroxyl groups is 1. The van der Waals surface area contributed by atoms with Crippen molar-refractivity contribution in [1.82, 2.24) is 16.0 Å². The van der Waals surface area contributed by atoms with Crippen LogP contribution in [0.5, 0.6) is 11.5 Å². The second-order valence-electron chi connectivity index (χ2n) is 7.92. The Bertz CT molecular complexity index is 1180. The van der Waals surface area contributed by atoms with Crippen LogP contribution in [0.15, 0.2) is 17.8 Å². The maximum absolute atomic E-state index is 13.2. The van der Waals surface area contributed by atoms with E-state index in [-0.39, 0.29) is 46.1 Å². The molecule has 14 nitrogen and oxygen atoms in total. The molecule has 38 heavy (non-hydrogen) atoms. The van der Waals surface area contributed by atoms with Crippen LogP contribution >= 0.6 is 12.6 Å². The van der Waals surface area contributed by atoms with Crippen molar-refractivity contribution in [3.63, 3.8) is 0 Å². The minimum atomic E-state index is -1.48. The van der Waals surface area contributed by atoms with Gasteiger partial charge in [0, 0.05) is 23.8 Å². The van der Waals surface area contributed by atoms with Crippen molar-refractivity contribution in [2.24, 2.45) is 0 Å². The van der Waals surface area contributed by atoms with E-state index in [9.17, 15) is 39.0 Å². The smallest absolute Gasteiger partial charge is 0.326 e. The van der Waals surface area contributed by atoms with Gasteiger partial charge in [0.1, 0.15) is 30.1 Å². The molecule has 0 fully saturated rings. The normalized spacial score (nSPS) is 13.9. The van der Waals surface area contributed by atoms with Gasteiger partial charge >= 0.3 is 11.9 Å². The zero-order valence-corrected chi connectivity index (χ0v) is 21.3. The van der Waals surface area contributed by atoms with Gasteiger partial charge in [-0.25, -0.2) is 4.79 Å². The molecular formula is C23H27N3O11S. The standard InChI is InChI=1S/C23H27N3O11S/c1-36-15-5-10(8-27)21(37-2)18-14(28)6-12(20(32)19(15)18)25-11(23(34)35)3-4-16(29)26-13(9-38)22(33)24-7-17(30)31/h5-6,11,13,25,27,38H,3-4,7-9H2,1-2H3,(H,24,33)(H,26,29)(H,30,31)(H,34,35)/t11-,13-/m0/s1. The fourth-order valence-corrected chi connectivity index (χ4v) is 3.90. The largest absolute Gasteiger partial charge is 0.496 e. The number of hydrogen-bond donors (Lipinski definition) is 7. The Balaban J connectivity index is 2.18. The van der Waals surface area contributed by atoms with Crippen molar-refractivity contribution in [3.05, 3.63) is 34.5 Å². The number of ether oxygens (including phenoxy) is 2. The van der Waals surface area contributed by atoms with Crippen LogP contribution in [0.1, 0.15) is 39.1 Å². The Morgan fingerprint density at radius 1 is 1.05 bits per heavy atom. The van der Waals surface area contributed by atoms with Gasteiger partial charge in [0.25, 0.3) is 0 Å². The van der Waals surface area contributed by atoms with Crippen LogP contribution in [0, 0.1) is 0 Å². The van der Waals surface area contributed by atoms with Crippen LogP contribution in [-0.2, 0) is 25.8 Å². The molecule has 1 aliphatic carbocycles. The van der Waals surface area contributed by atoms with E-state index in [1.54, 1.807) is 0 Å². The first kappa shape index (κ1) is 30.1. The molecule has 6 N–H and O–H groups in total. The highest BCUT2D eigenvalue weighted by Crippen LogP contribution is 2.38. The van der Waals surface area contributed by atoms with Crippen molar-refractivity contribution in [3.8, 4) is 11.5 Å². The first-order chi connectivity index (χ1) is 18.0. The Kier molecular flexibility index (Phi) is 10.7. The molecule has 1 aromatic rings.